The first-order valence-corrected chi connectivity index (χ1v) is 21.2. The molecular weight excluding hydrogens is 743 g/mol. The van der Waals surface area contributed by atoms with Crippen LogP contribution in [-0.2, 0) is 20.7 Å². The molecule has 0 unspecified atom stereocenters. The second kappa shape index (κ2) is 17.7. The zero-order chi connectivity index (χ0) is 41.8. The number of ether oxygens (including phenoxy) is 2. The molecule has 1 fully saturated rings. The summed E-state index contributed by atoms with van der Waals surface area (Å²) in [7, 11) is 3.50. The summed E-state index contributed by atoms with van der Waals surface area (Å²) in [4.78, 5) is 48.9. The fraction of sp³-hybridized carbons (Fsp3) is 0.489. The van der Waals surface area contributed by atoms with E-state index >= 15 is 4.79 Å². The van der Waals surface area contributed by atoms with E-state index in [2.05, 4.69) is 81.9 Å². The number of Topliss-reactive ketones (excluding diaryl/α,β-unsaturated/α-hetero) is 2. The Hall–Kier alpha value is -5.04. The van der Waals surface area contributed by atoms with E-state index in [1.165, 1.54) is 5.57 Å². The van der Waals surface area contributed by atoms with E-state index in [4.69, 9.17) is 15.2 Å². The molecule has 4 aliphatic carbocycles. The van der Waals surface area contributed by atoms with E-state index in [-0.39, 0.29) is 47.8 Å². The van der Waals surface area contributed by atoms with Crippen molar-refractivity contribution >= 4 is 23.5 Å². The van der Waals surface area contributed by atoms with Crippen molar-refractivity contribution in [3.05, 3.63) is 118 Å². The molecule has 0 aromatic heterocycles. The Labute approximate surface area is 348 Å². The van der Waals surface area contributed by atoms with Gasteiger partial charge in [-0.25, -0.2) is 4.79 Å². The average molecular weight is 804 g/mol. The molecular formula is C47H61N7O5. The van der Waals surface area contributed by atoms with Crippen molar-refractivity contribution in [3.63, 3.8) is 0 Å². The van der Waals surface area contributed by atoms with Crippen LogP contribution in [0, 0.1) is 17.3 Å². The number of benzene rings is 1. The van der Waals surface area contributed by atoms with E-state index in [1.807, 2.05) is 50.4 Å². The molecule has 7 atom stereocenters. The lowest BCUT2D eigenvalue weighted by Gasteiger charge is -2.36. The molecule has 0 saturated carbocycles. The third-order valence-corrected chi connectivity index (χ3v) is 12.8. The first-order valence-electron chi connectivity index (χ1n) is 21.2. The number of nitrogens with two attached hydrogens (primary N) is 1. The summed E-state index contributed by atoms with van der Waals surface area (Å²) in [5.41, 5.74) is 6.65. The second-order valence-electron chi connectivity index (χ2n) is 17.1. The number of carbonyl (C=O) groups is 3. The molecule has 0 spiro atoms. The van der Waals surface area contributed by atoms with Gasteiger partial charge in [-0.1, -0.05) is 92.3 Å². The monoisotopic (exact) mass is 803 g/mol. The Morgan fingerprint density at radius 2 is 2.05 bits per heavy atom. The van der Waals surface area contributed by atoms with Gasteiger partial charge in [0.05, 0.1) is 19.3 Å². The van der Waals surface area contributed by atoms with E-state index in [9.17, 15) is 9.59 Å². The number of aliphatic imine (C=N–C) groups is 1. The lowest BCUT2D eigenvalue weighted by molar-refractivity contribution is -0.150. The molecule has 1 aromatic carbocycles. The maximum atomic E-state index is 15.1. The quantitative estimate of drug-likeness (QED) is 0.0257. The number of ketones is 2. The Bertz CT molecular complexity index is 2080. The van der Waals surface area contributed by atoms with E-state index in [1.54, 1.807) is 13.1 Å². The minimum atomic E-state index is -2.09. The minimum Gasteiger partial charge on any atom is -0.463 e. The first-order chi connectivity index (χ1) is 28.5. The SMILES string of the molecule is CCN[C@@H]1C=C2C=CCC[C@H]2C[C@H]1COC(=O)[C@]12O[C@@]1(C/C=C(\C)C[C@@H](NC(N)=NC)C1=CCNC(NCNC)=C1)C(=O)c1cccc(C[C@@]3(C)C=CC=CC3)c1C2=O. The fourth-order valence-electron chi connectivity index (χ4n) is 9.54. The van der Waals surface area contributed by atoms with Crippen LogP contribution < -0.4 is 32.3 Å². The van der Waals surface area contributed by atoms with Crippen LogP contribution in [-0.4, -0.2) is 87.2 Å². The van der Waals surface area contributed by atoms with Crippen LogP contribution in [0.2, 0.25) is 0 Å². The maximum Gasteiger partial charge on any atom is 0.350 e. The molecule has 7 rings (SSSR count). The maximum absolute atomic E-state index is 15.1. The van der Waals surface area contributed by atoms with Crippen molar-refractivity contribution in [2.24, 2.45) is 28.0 Å². The number of hydrogen-bond acceptors (Lipinski definition) is 10. The van der Waals surface area contributed by atoms with Gasteiger partial charge in [-0.15, -0.1) is 0 Å². The van der Waals surface area contributed by atoms with Crippen molar-refractivity contribution in [1.29, 1.82) is 0 Å². The van der Waals surface area contributed by atoms with Crippen molar-refractivity contribution in [1.82, 2.24) is 26.6 Å². The highest BCUT2D eigenvalue weighted by atomic mass is 16.7. The summed E-state index contributed by atoms with van der Waals surface area (Å²) in [6.07, 6.45) is 25.8. The second-order valence-corrected chi connectivity index (χ2v) is 17.1. The largest absolute Gasteiger partial charge is 0.463 e. The molecule has 2 heterocycles. The number of carbonyl (C=O) groups excluding carboxylic acids is 3. The van der Waals surface area contributed by atoms with Crippen LogP contribution in [0.5, 0.6) is 0 Å². The number of fused-ring (bicyclic) bond motifs is 3. The Kier molecular flexibility index (Phi) is 12.6. The van der Waals surface area contributed by atoms with Crippen molar-refractivity contribution in [2.45, 2.75) is 89.0 Å². The number of likely N-dealkylation sites (N-methyl/N-ethyl adjacent to an activating group) is 1. The van der Waals surface area contributed by atoms with Gasteiger partial charge in [-0.05, 0) is 93.2 Å². The van der Waals surface area contributed by atoms with Crippen LogP contribution >= 0.6 is 0 Å². The highest BCUT2D eigenvalue weighted by Crippen LogP contribution is 2.59. The lowest BCUT2D eigenvalue weighted by Crippen LogP contribution is -2.51. The Morgan fingerprint density at radius 3 is 2.81 bits per heavy atom. The van der Waals surface area contributed by atoms with Gasteiger partial charge in [0.15, 0.2) is 17.3 Å². The van der Waals surface area contributed by atoms with Gasteiger partial charge in [0, 0.05) is 43.1 Å². The highest BCUT2D eigenvalue weighted by molar-refractivity contribution is 6.33. The average Bonchev–Trinajstić information content (AvgIpc) is 3.95. The van der Waals surface area contributed by atoms with Gasteiger partial charge in [-0.3, -0.25) is 14.6 Å². The first kappa shape index (κ1) is 42.1. The highest BCUT2D eigenvalue weighted by Gasteiger charge is 2.85. The summed E-state index contributed by atoms with van der Waals surface area (Å²) in [6.45, 7) is 8.26. The van der Waals surface area contributed by atoms with Crippen molar-refractivity contribution in [2.75, 3.05) is 40.5 Å². The van der Waals surface area contributed by atoms with Gasteiger partial charge < -0.3 is 41.8 Å². The Morgan fingerprint density at radius 1 is 1.20 bits per heavy atom. The van der Waals surface area contributed by atoms with E-state index < -0.39 is 23.0 Å². The van der Waals surface area contributed by atoms with E-state index in [0.29, 0.717) is 43.5 Å². The predicted molar refractivity (Wildman–Crippen MR) is 232 cm³/mol. The summed E-state index contributed by atoms with van der Waals surface area (Å²) >= 11 is 0. The molecule has 12 heteroatoms. The van der Waals surface area contributed by atoms with Crippen LogP contribution in [0.4, 0.5) is 0 Å². The number of dihydropyridines is 1. The molecule has 7 N–H and O–H groups in total. The molecule has 1 aromatic rings. The third-order valence-electron chi connectivity index (χ3n) is 12.8. The molecule has 314 valence electrons. The molecule has 12 nitrogen and oxygen atoms in total. The summed E-state index contributed by atoms with van der Waals surface area (Å²) in [5.74, 6) is -0.0974. The number of epoxide rings is 1. The number of esters is 1. The van der Waals surface area contributed by atoms with Gasteiger partial charge in [0.2, 0.25) is 5.78 Å². The number of hydrogen-bond donors (Lipinski definition) is 6. The van der Waals surface area contributed by atoms with Crippen molar-refractivity contribution in [3.8, 4) is 0 Å². The summed E-state index contributed by atoms with van der Waals surface area (Å²) in [6, 6.07) is 5.18. The van der Waals surface area contributed by atoms with Gasteiger partial charge in [0.25, 0.3) is 5.60 Å². The Balaban J connectivity index is 1.19. The topological polar surface area (TPSA) is 171 Å². The summed E-state index contributed by atoms with van der Waals surface area (Å²) in [5, 5.41) is 16.6. The normalized spacial score (nSPS) is 30.2. The number of nitrogens with one attached hydrogen (secondary N) is 5. The number of allylic oxidation sites excluding steroid dienone is 7. The summed E-state index contributed by atoms with van der Waals surface area (Å²) < 4.78 is 12.6. The van der Waals surface area contributed by atoms with Crippen LogP contribution in [0.3, 0.4) is 0 Å². The van der Waals surface area contributed by atoms with Crippen LogP contribution in [0.15, 0.2) is 106 Å². The molecule has 0 amide bonds. The number of guanidine groups is 1. The predicted octanol–water partition coefficient (Wildman–Crippen LogP) is 4.84. The third kappa shape index (κ3) is 8.40. The van der Waals surface area contributed by atoms with Crippen molar-refractivity contribution < 1.29 is 23.9 Å². The van der Waals surface area contributed by atoms with E-state index in [0.717, 1.165) is 54.8 Å². The van der Waals surface area contributed by atoms with Crippen LogP contribution in [0.25, 0.3) is 0 Å². The standard InChI is InChI=1S/C47H61N7O5/c1-6-51-37-25-32-14-9-8-13-31(32)24-35(37)28-58-43(57)47-42(56)40-34(27-45(3)19-10-7-11-20-45)15-12-16-36(40)41(55)46(47,59-47)21-17-30(2)23-38(54-44(48)50-5)33-18-22-52-39(26-33)53-29-49-4/h7,9-12,14-19,25-26,31,35,37-38,49,51-53H,6,8,13,20-24,27-29H2,1-5H3,(H3,48,50,54)/b30-17+/t31-,35-,37+,38+,45-,46-,47-/m0/s1. The van der Waals surface area contributed by atoms with Gasteiger partial charge >= 0.3 is 5.97 Å². The molecule has 0 radical (unpaired) electrons. The van der Waals surface area contributed by atoms with Crippen LogP contribution in [0.1, 0.15) is 85.6 Å². The van der Waals surface area contributed by atoms with Gasteiger partial charge in [0.1, 0.15) is 5.82 Å². The number of rotatable bonds is 16. The lowest BCUT2D eigenvalue weighted by atomic mass is 9.69. The zero-order valence-electron chi connectivity index (χ0n) is 35.2. The number of nitrogens with zero attached hydrogens (tertiary/aromatic N) is 1. The fourth-order valence-corrected chi connectivity index (χ4v) is 9.54. The molecule has 59 heavy (non-hydrogen) atoms. The zero-order valence-corrected chi connectivity index (χ0v) is 35.2. The van der Waals surface area contributed by atoms with Gasteiger partial charge in [-0.2, -0.15) is 0 Å². The molecule has 2 aliphatic heterocycles. The smallest absolute Gasteiger partial charge is 0.350 e. The molecule has 6 aliphatic rings. The molecule has 0 bridgehead atoms. The minimum absolute atomic E-state index is 0.00463. The molecule has 1 saturated heterocycles.